The number of benzene rings is 1. The van der Waals surface area contributed by atoms with E-state index in [1.807, 2.05) is 0 Å². The van der Waals surface area contributed by atoms with Gasteiger partial charge in [0.2, 0.25) is 0 Å². The first-order valence-corrected chi connectivity index (χ1v) is 11.5. The number of carbonyl (C=O) groups excluding carboxylic acids is 2. The second kappa shape index (κ2) is 10.3. The number of hydrogen-bond acceptors (Lipinski definition) is 4. The average Bonchev–Trinajstić information content (AvgIpc) is 2.72. The van der Waals surface area contributed by atoms with Crippen LogP contribution >= 0.6 is 23.9 Å². The highest BCUT2D eigenvalue weighted by Crippen LogP contribution is 2.27. The molecule has 0 aliphatic heterocycles. The highest BCUT2D eigenvalue weighted by Gasteiger charge is 2.17. The van der Waals surface area contributed by atoms with Gasteiger partial charge >= 0.3 is 0 Å². The molecule has 0 saturated heterocycles. The van der Waals surface area contributed by atoms with Gasteiger partial charge in [0.05, 0.1) is 0 Å². The molecule has 2 amide bonds. The van der Waals surface area contributed by atoms with Gasteiger partial charge in [-0.1, -0.05) is 38.5 Å². The van der Waals surface area contributed by atoms with Crippen molar-refractivity contribution >= 4 is 35.7 Å². The number of carbonyl (C=O) groups is 2. The van der Waals surface area contributed by atoms with Crippen molar-refractivity contribution in [3.05, 3.63) is 35.4 Å². The van der Waals surface area contributed by atoms with Gasteiger partial charge in [0, 0.05) is 21.6 Å². The summed E-state index contributed by atoms with van der Waals surface area (Å²) in [7, 11) is 0. The van der Waals surface area contributed by atoms with Crippen LogP contribution in [0.4, 0.5) is 0 Å². The fourth-order valence-corrected chi connectivity index (χ4v) is 5.45. The molecule has 2 aliphatic carbocycles. The van der Waals surface area contributed by atoms with E-state index in [1.165, 1.54) is 64.2 Å². The van der Waals surface area contributed by atoms with E-state index < -0.39 is 0 Å². The Kier molecular flexibility index (Phi) is 7.74. The van der Waals surface area contributed by atoms with Gasteiger partial charge in [-0.05, 0) is 73.8 Å². The van der Waals surface area contributed by atoms with E-state index in [4.69, 9.17) is 0 Å². The van der Waals surface area contributed by atoms with Crippen LogP contribution in [0.5, 0.6) is 0 Å². The molecule has 142 valence electrons. The lowest BCUT2D eigenvalue weighted by Gasteiger charge is -2.21. The Bertz CT molecular complexity index is 541. The predicted molar refractivity (Wildman–Crippen MR) is 110 cm³/mol. The molecular formula is C20H28N2O2S2. The van der Waals surface area contributed by atoms with Crippen LogP contribution in [0.2, 0.25) is 0 Å². The Hall–Kier alpha value is -1.14. The standard InChI is InChI=1S/C20H28N2O2S2/c23-19(21-25-17-7-3-1-4-8-17)15-11-13-16(14-12-15)20(24)22-26-18-9-5-2-6-10-18/h11-14,17-18H,1-10H2,(H,21,23)(H,22,24). The fourth-order valence-electron chi connectivity index (χ4n) is 3.53. The Labute approximate surface area is 164 Å². The van der Waals surface area contributed by atoms with Crippen molar-refractivity contribution in [3.63, 3.8) is 0 Å². The quantitative estimate of drug-likeness (QED) is 0.661. The molecule has 0 atom stereocenters. The Morgan fingerprint density at radius 2 is 1.00 bits per heavy atom. The van der Waals surface area contributed by atoms with Gasteiger partial charge in [-0.2, -0.15) is 0 Å². The first-order valence-electron chi connectivity index (χ1n) is 9.74. The summed E-state index contributed by atoms with van der Waals surface area (Å²) < 4.78 is 5.92. The highest BCUT2D eigenvalue weighted by atomic mass is 32.2. The summed E-state index contributed by atoms with van der Waals surface area (Å²) >= 11 is 3.11. The zero-order valence-corrected chi connectivity index (χ0v) is 16.8. The van der Waals surface area contributed by atoms with Gasteiger partial charge in [-0.25, -0.2) is 0 Å². The molecule has 1 aromatic rings. The minimum absolute atomic E-state index is 0.0795. The van der Waals surface area contributed by atoms with Crippen LogP contribution in [-0.4, -0.2) is 22.3 Å². The molecule has 4 nitrogen and oxygen atoms in total. The van der Waals surface area contributed by atoms with Gasteiger partial charge in [0.15, 0.2) is 0 Å². The van der Waals surface area contributed by atoms with Crippen LogP contribution in [0.1, 0.15) is 84.9 Å². The van der Waals surface area contributed by atoms with E-state index in [0.717, 1.165) is 0 Å². The highest BCUT2D eigenvalue weighted by molar-refractivity contribution is 7.98. The number of nitrogens with one attached hydrogen (secondary N) is 2. The molecular weight excluding hydrogens is 364 g/mol. The summed E-state index contributed by atoms with van der Waals surface area (Å²) in [6.07, 6.45) is 12.4. The van der Waals surface area contributed by atoms with Crippen molar-refractivity contribution in [1.29, 1.82) is 0 Å². The molecule has 0 spiro atoms. The molecule has 2 saturated carbocycles. The summed E-state index contributed by atoms with van der Waals surface area (Å²) in [5.74, 6) is -0.159. The van der Waals surface area contributed by atoms with Crippen LogP contribution in [0, 0.1) is 0 Å². The predicted octanol–water partition coefficient (Wildman–Crippen LogP) is 5.11. The molecule has 2 aliphatic rings. The third kappa shape index (κ3) is 5.95. The molecule has 0 aromatic heterocycles. The van der Waals surface area contributed by atoms with Crippen molar-refractivity contribution in [3.8, 4) is 0 Å². The Morgan fingerprint density at radius 1 is 0.654 bits per heavy atom. The molecule has 26 heavy (non-hydrogen) atoms. The van der Waals surface area contributed by atoms with E-state index in [-0.39, 0.29) is 11.8 Å². The molecule has 6 heteroatoms. The molecule has 3 rings (SSSR count). The van der Waals surface area contributed by atoms with E-state index in [9.17, 15) is 9.59 Å². The lowest BCUT2D eigenvalue weighted by Crippen LogP contribution is -2.23. The largest absolute Gasteiger partial charge is 0.296 e. The van der Waals surface area contributed by atoms with Crippen LogP contribution < -0.4 is 9.44 Å². The first-order chi connectivity index (χ1) is 12.7. The van der Waals surface area contributed by atoms with Gasteiger partial charge in [0.25, 0.3) is 11.8 Å². The zero-order valence-electron chi connectivity index (χ0n) is 15.2. The normalized spacial score (nSPS) is 19.1. The average molecular weight is 393 g/mol. The van der Waals surface area contributed by atoms with Gasteiger partial charge in [0.1, 0.15) is 0 Å². The van der Waals surface area contributed by atoms with Gasteiger partial charge in [-0.15, -0.1) is 0 Å². The van der Waals surface area contributed by atoms with E-state index >= 15 is 0 Å². The monoisotopic (exact) mass is 392 g/mol. The van der Waals surface area contributed by atoms with Gasteiger partial charge in [-0.3, -0.25) is 19.0 Å². The molecule has 0 heterocycles. The minimum Gasteiger partial charge on any atom is -0.296 e. The number of amides is 2. The number of hydrogen-bond donors (Lipinski definition) is 2. The van der Waals surface area contributed by atoms with E-state index in [0.29, 0.717) is 21.6 Å². The zero-order chi connectivity index (χ0) is 18.2. The van der Waals surface area contributed by atoms with E-state index in [2.05, 4.69) is 9.44 Å². The summed E-state index contributed by atoms with van der Waals surface area (Å²) in [6, 6.07) is 6.93. The van der Waals surface area contributed by atoms with Crippen LogP contribution in [0.3, 0.4) is 0 Å². The van der Waals surface area contributed by atoms with Crippen LogP contribution in [0.15, 0.2) is 24.3 Å². The van der Waals surface area contributed by atoms with Crippen molar-refractivity contribution in [1.82, 2.24) is 9.44 Å². The maximum Gasteiger partial charge on any atom is 0.261 e. The second-order valence-electron chi connectivity index (χ2n) is 7.20. The van der Waals surface area contributed by atoms with Gasteiger partial charge < -0.3 is 0 Å². The molecule has 2 N–H and O–H groups in total. The summed E-state index contributed by atoms with van der Waals surface area (Å²) in [5, 5.41) is 1.07. The molecule has 2 fully saturated rings. The summed E-state index contributed by atoms with van der Waals surface area (Å²) in [6.45, 7) is 0. The van der Waals surface area contributed by atoms with Crippen molar-refractivity contribution < 1.29 is 9.59 Å². The van der Waals surface area contributed by atoms with Crippen molar-refractivity contribution in [2.75, 3.05) is 0 Å². The topological polar surface area (TPSA) is 58.2 Å². The summed E-state index contributed by atoms with van der Waals surface area (Å²) in [4.78, 5) is 24.5. The lowest BCUT2D eigenvalue weighted by atomic mass is 10.0. The van der Waals surface area contributed by atoms with Crippen LogP contribution in [0.25, 0.3) is 0 Å². The first kappa shape index (κ1) is 19.6. The third-order valence-corrected chi connectivity index (χ3v) is 7.37. The van der Waals surface area contributed by atoms with E-state index in [1.54, 1.807) is 48.2 Å². The Morgan fingerprint density at radius 3 is 1.35 bits per heavy atom. The fraction of sp³-hybridized carbons (Fsp3) is 0.600. The molecule has 0 unspecified atom stereocenters. The third-order valence-electron chi connectivity index (χ3n) is 5.15. The smallest absolute Gasteiger partial charge is 0.261 e. The van der Waals surface area contributed by atoms with Crippen LogP contribution in [-0.2, 0) is 0 Å². The maximum atomic E-state index is 12.3. The maximum absolute atomic E-state index is 12.3. The second-order valence-corrected chi connectivity index (χ2v) is 9.41. The van der Waals surface area contributed by atoms with Crippen molar-refractivity contribution in [2.45, 2.75) is 74.7 Å². The SMILES string of the molecule is O=C(NSC1CCCCC1)c1ccc(C(=O)NSC2CCCCC2)cc1. The molecule has 1 aromatic carbocycles. The molecule has 0 bridgehead atoms. The number of rotatable bonds is 6. The lowest BCUT2D eigenvalue weighted by molar-refractivity contribution is 0.0972. The minimum atomic E-state index is -0.0795. The Balaban J connectivity index is 1.44. The summed E-state index contributed by atoms with van der Waals surface area (Å²) in [5.41, 5.74) is 1.20. The molecule has 0 radical (unpaired) electrons. The van der Waals surface area contributed by atoms with Crippen molar-refractivity contribution in [2.24, 2.45) is 0 Å².